The molecule has 0 fully saturated rings. The Morgan fingerprint density at radius 1 is 1.05 bits per heavy atom. The van der Waals surface area contributed by atoms with Crippen LogP contribution in [0.2, 0.25) is 0 Å². The van der Waals surface area contributed by atoms with Gasteiger partial charge in [-0.2, -0.15) is 4.98 Å². The summed E-state index contributed by atoms with van der Waals surface area (Å²) in [6, 6.07) is 4.40. The largest absolute Gasteiger partial charge is 0.466 e. The fourth-order valence-corrected chi connectivity index (χ4v) is 3.92. The summed E-state index contributed by atoms with van der Waals surface area (Å²) in [5, 5.41) is 8.37. The number of rotatable bonds is 13. The Balaban J connectivity index is 1.62. The van der Waals surface area contributed by atoms with Crippen LogP contribution in [0.5, 0.6) is 0 Å². The highest BCUT2D eigenvalue weighted by Gasteiger charge is 2.25. The molecule has 0 saturated heterocycles. The third-order valence-electron chi connectivity index (χ3n) is 6.31. The summed E-state index contributed by atoms with van der Waals surface area (Å²) in [7, 11) is 0. The summed E-state index contributed by atoms with van der Waals surface area (Å²) in [6.45, 7) is 9.09. The van der Waals surface area contributed by atoms with E-state index in [4.69, 9.17) is 9.47 Å². The van der Waals surface area contributed by atoms with E-state index in [2.05, 4.69) is 30.9 Å². The molecular formula is C30H37FN6O7. The first-order valence-corrected chi connectivity index (χ1v) is 14.1. The number of pyridine rings is 1. The maximum Gasteiger partial charge on any atom is 0.328 e. The van der Waals surface area contributed by atoms with Gasteiger partial charge in [0, 0.05) is 42.2 Å². The Bertz CT molecular complexity index is 1580. The van der Waals surface area contributed by atoms with Gasteiger partial charge in [0.05, 0.1) is 18.6 Å². The van der Waals surface area contributed by atoms with Crippen LogP contribution in [0.4, 0.5) is 10.3 Å². The Labute approximate surface area is 253 Å². The zero-order valence-corrected chi connectivity index (χ0v) is 25.3. The monoisotopic (exact) mass is 612 g/mol. The number of carbonyl (C=O) groups is 4. The Morgan fingerprint density at radius 3 is 2.43 bits per heavy atom. The number of esters is 2. The predicted octanol–water partition coefficient (Wildman–Crippen LogP) is 2.74. The second-order valence-corrected chi connectivity index (χ2v) is 10.9. The van der Waals surface area contributed by atoms with E-state index in [9.17, 15) is 28.4 Å². The number of hydrogen-bond acceptors (Lipinski definition) is 10. The van der Waals surface area contributed by atoms with Gasteiger partial charge in [0.25, 0.3) is 11.5 Å². The Kier molecular flexibility index (Phi) is 11.6. The number of nitrogens with zero attached hydrogens (tertiary/aromatic N) is 2. The molecule has 2 aromatic heterocycles. The number of nitrogens with one attached hydrogen (secondary N) is 4. The highest BCUT2D eigenvalue weighted by molar-refractivity contribution is 5.97. The average molecular weight is 613 g/mol. The molecule has 0 unspecified atom stereocenters. The van der Waals surface area contributed by atoms with E-state index in [-0.39, 0.29) is 73.2 Å². The summed E-state index contributed by atoms with van der Waals surface area (Å²) in [5.74, 6) is -2.88. The minimum absolute atomic E-state index is 0.00138. The van der Waals surface area contributed by atoms with Gasteiger partial charge >= 0.3 is 11.9 Å². The topological polar surface area (TPSA) is 181 Å². The van der Waals surface area contributed by atoms with E-state index in [1.54, 1.807) is 40.7 Å². The number of carbonyl (C=O) groups excluding carboxylic acids is 4. The van der Waals surface area contributed by atoms with Crippen LogP contribution in [-0.2, 0) is 36.9 Å². The maximum absolute atomic E-state index is 14.9. The van der Waals surface area contributed by atoms with Crippen molar-refractivity contribution < 1.29 is 33.0 Å². The number of benzene rings is 1. The molecule has 2 heterocycles. The van der Waals surface area contributed by atoms with E-state index in [1.165, 1.54) is 18.3 Å². The third-order valence-corrected chi connectivity index (χ3v) is 6.31. The van der Waals surface area contributed by atoms with Gasteiger partial charge in [-0.05, 0) is 44.0 Å². The highest BCUT2D eigenvalue weighted by Crippen LogP contribution is 2.16. The number of aromatic nitrogens is 3. The smallest absolute Gasteiger partial charge is 0.328 e. The van der Waals surface area contributed by atoms with Gasteiger partial charge in [0.2, 0.25) is 11.9 Å². The first-order valence-electron chi connectivity index (χ1n) is 14.1. The fraction of sp³-hybridized carbons (Fsp3) is 0.433. The summed E-state index contributed by atoms with van der Waals surface area (Å²) in [6.07, 6.45) is 1.38. The number of halogens is 1. The van der Waals surface area contributed by atoms with Crippen molar-refractivity contribution in [1.29, 1.82) is 0 Å². The van der Waals surface area contributed by atoms with Crippen molar-refractivity contribution in [3.63, 3.8) is 0 Å². The first kappa shape index (κ1) is 33.8. The zero-order chi connectivity index (χ0) is 32.4. The summed E-state index contributed by atoms with van der Waals surface area (Å²) >= 11 is 0. The maximum atomic E-state index is 14.9. The van der Waals surface area contributed by atoms with Crippen molar-refractivity contribution in [2.75, 3.05) is 18.5 Å². The molecule has 0 aliphatic rings. The SMILES string of the molecule is CCOC(=O)CC[C@H](NC(=O)c1ccc(CNCc2cnc3nc(NC(=O)C(C)(C)C)[nH]c(=O)c3c2)c(F)c1)C(=O)OCC. The normalized spacial score (nSPS) is 12.0. The quantitative estimate of drug-likeness (QED) is 0.210. The minimum atomic E-state index is -1.11. The van der Waals surface area contributed by atoms with E-state index in [0.29, 0.717) is 5.56 Å². The van der Waals surface area contributed by atoms with Gasteiger partial charge in [0.1, 0.15) is 11.9 Å². The van der Waals surface area contributed by atoms with Crippen LogP contribution in [0, 0.1) is 11.2 Å². The Morgan fingerprint density at radius 2 is 1.77 bits per heavy atom. The van der Waals surface area contributed by atoms with Crippen LogP contribution >= 0.6 is 0 Å². The molecule has 14 heteroatoms. The lowest BCUT2D eigenvalue weighted by atomic mass is 9.96. The van der Waals surface area contributed by atoms with Crippen molar-refractivity contribution >= 4 is 40.7 Å². The minimum Gasteiger partial charge on any atom is -0.466 e. The van der Waals surface area contributed by atoms with Gasteiger partial charge in [-0.1, -0.05) is 26.8 Å². The van der Waals surface area contributed by atoms with Crippen LogP contribution in [0.25, 0.3) is 11.0 Å². The van der Waals surface area contributed by atoms with Crippen LogP contribution in [0.15, 0.2) is 35.3 Å². The number of hydrogen-bond donors (Lipinski definition) is 4. The number of aromatic amines is 1. The van der Waals surface area contributed by atoms with Gasteiger partial charge in [-0.3, -0.25) is 29.5 Å². The van der Waals surface area contributed by atoms with Gasteiger partial charge in [-0.15, -0.1) is 0 Å². The Hall–Kier alpha value is -4.72. The number of ether oxygens (including phenoxy) is 2. The molecule has 3 rings (SSSR count). The lowest BCUT2D eigenvalue weighted by Crippen LogP contribution is -2.42. The lowest BCUT2D eigenvalue weighted by Gasteiger charge is -2.17. The summed E-state index contributed by atoms with van der Waals surface area (Å²) in [4.78, 5) is 72.6. The molecule has 0 spiro atoms. The van der Waals surface area contributed by atoms with Crippen molar-refractivity contribution in [3.05, 3.63) is 63.3 Å². The molecule has 236 valence electrons. The number of H-pyrrole nitrogens is 1. The van der Waals surface area contributed by atoms with E-state index in [0.717, 1.165) is 6.07 Å². The van der Waals surface area contributed by atoms with Crippen molar-refractivity contribution in [2.24, 2.45) is 5.41 Å². The highest BCUT2D eigenvalue weighted by atomic mass is 19.1. The van der Waals surface area contributed by atoms with Gasteiger partial charge in [0.15, 0.2) is 5.65 Å². The van der Waals surface area contributed by atoms with E-state index >= 15 is 0 Å². The van der Waals surface area contributed by atoms with Crippen LogP contribution in [0.1, 0.15) is 68.9 Å². The summed E-state index contributed by atoms with van der Waals surface area (Å²) < 4.78 is 24.7. The molecule has 1 aromatic carbocycles. The zero-order valence-electron chi connectivity index (χ0n) is 25.3. The van der Waals surface area contributed by atoms with E-state index < -0.39 is 40.7 Å². The second-order valence-electron chi connectivity index (χ2n) is 10.9. The fourth-order valence-electron chi connectivity index (χ4n) is 3.92. The van der Waals surface area contributed by atoms with Crippen molar-refractivity contribution in [1.82, 2.24) is 25.6 Å². The number of amides is 2. The van der Waals surface area contributed by atoms with Crippen LogP contribution in [-0.4, -0.2) is 58.0 Å². The molecule has 44 heavy (non-hydrogen) atoms. The van der Waals surface area contributed by atoms with Gasteiger partial charge < -0.3 is 20.1 Å². The molecule has 0 aliphatic heterocycles. The molecule has 13 nitrogen and oxygen atoms in total. The van der Waals surface area contributed by atoms with Crippen LogP contribution < -0.4 is 21.5 Å². The average Bonchev–Trinajstić information content (AvgIpc) is 2.96. The standard InChI is InChI=1S/C30H37FN6O7/c1-6-43-23(38)11-10-22(27(41)44-7-2)34-25(39)18-8-9-19(21(31)13-18)16-32-14-17-12-20-24(33-15-17)35-29(36-26(20)40)37-28(42)30(3,4)5/h8-9,12-13,15,22,32H,6-7,10-11,14,16H2,1-5H3,(H,34,39)(H2,33,35,36,37,40,42)/t22-/m0/s1. The number of fused-ring (bicyclic) bond motifs is 1. The molecular weight excluding hydrogens is 575 g/mol. The van der Waals surface area contributed by atoms with Gasteiger partial charge in [-0.25, -0.2) is 14.2 Å². The lowest BCUT2D eigenvalue weighted by molar-refractivity contribution is -0.146. The molecule has 0 saturated carbocycles. The summed E-state index contributed by atoms with van der Waals surface area (Å²) in [5.41, 5.74) is -0.0891. The molecule has 4 N–H and O–H groups in total. The molecule has 1 atom stereocenters. The molecule has 0 radical (unpaired) electrons. The van der Waals surface area contributed by atoms with E-state index in [1.807, 2.05) is 0 Å². The second kappa shape index (κ2) is 15.1. The van der Waals surface area contributed by atoms with Crippen molar-refractivity contribution in [3.8, 4) is 0 Å². The predicted molar refractivity (Wildman–Crippen MR) is 159 cm³/mol. The van der Waals surface area contributed by atoms with Crippen LogP contribution in [0.3, 0.4) is 0 Å². The third kappa shape index (κ3) is 9.39. The first-order chi connectivity index (χ1) is 20.8. The number of anilines is 1. The van der Waals surface area contributed by atoms with Crippen molar-refractivity contribution in [2.45, 2.75) is 66.6 Å². The molecule has 3 aromatic rings. The molecule has 0 aliphatic carbocycles. The molecule has 2 amide bonds. The molecule has 0 bridgehead atoms.